The first-order valence-corrected chi connectivity index (χ1v) is 6.88. The summed E-state index contributed by atoms with van der Waals surface area (Å²) in [6, 6.07) is -0.0596. The smallest absolute Gasteiger partial charge is 0.0769 e. The Kier molecular flexibility index (Phi) is 4.02. The summed E-state index contributed by atoms with van der Waals surface area (Å²) in [5.41, 5.74) is 7.41. The molecule has 5 nitrogen and oxygen atoms in total. The third kappa shape index (κ3) is 2.57. The molecular weight excluding hydrogens is 226 g/mol. The molecule has 0 aromatic carbocycles. The molecule has 1 unspecified atom stereocenters. The molecule has 1 atom stereocenters. The minimum Gasteiger partial charge on any atom is -0.321 e. The van der Waals surface area contributed by atoms with Crippen molar-refractivity contribution in [3.05, 3.63) is 11.9 Å². The van der Waals surface area contributed by atoms with Gasteiger partial charge in [-0.2, -0.15) is 0 Å². The summed E-state index contributed by atoms with van der Waals surface area (Å²) >= 11 is 0. The van der Waals surface area contributed by atoms with Crippen LogP contribution < -0.4 is 5.73 Å². The van der Waals surface area contributed by atoms with Crippen LogP contribution in [-0.4, -0.2) is 38.5 Å². The lowest BCUT2D eigenvalue weighted by Gasteiger charge is -2.42. The van der Waals surface area contributed by atoms with E-state index in [2.05, 4.69) is 29.1 Å². The molecule has 102 valence electrons. The third-order valence-corrected chi connectivity index (χ3v) is 4.25. The van der Waals surface area contributed by atoms with Crippen LogP contribution in [0.1, 0.15) is 51.3 Å². The van der Waals surface area contributed by atoms with Crippen LogP contribution in [0.5, 0.6) is 0 Å². The van der Waals surface area contributed by atoms with Gasteiger partial charge in [0.05, 0.1) is 17.9 Å². The van der Waals surface area contributed by atoms with Gasteiger partial charge in [-0.15, -0.1) is 5.10 Å². The second kappa shape index (κ2) is 5.36. The average molecular weight is 251 g/mol. The summed E-state index contributed by atoms with van der Waals surface area (Å²) < 4.78 is 1.78. The molecule has 18 heavy (non-hydrogen) atoms. The predicted molar refractivity (Wildman–Crippen MR) is 72.1 cm³/mol. The Balaban J connectivity index is 2.16. The van der Waals surface area contributed by atoms with Gasteiger partial charge in [0, 0.05) is 12.6 Å². The normalized spacial score (nSPS) is 20.7. The third-order valence-electron chi connectivity index (χ3n) is 4.25. The maximum atomic E-state index is 6.46. The molecule has 1 aliphatic rings. The van der Waals surface area contributed by atoms with E-state index >= 15 is 0 Å². The van der Waals surface area contributed by atoms with Crippen molar-refractivity contribution in [2.75, 3.05) is 13.1 Å². The van der Waals surface area contributed by atoms with E-state index in [-0.39, 0.29) is 11.6 Å². The van der Waals surface area contributed by atoms with E-state index in [1.165, 1.54) is 25.7 Å². The summed E-state index contributed by atoms with van der Waals surface area (Å²) in [4.78, 5) is 2.53. The maximum Gasteiger partial charge on any atom is 0.0769 e. The first-order valence-electron chi connectivity index (χ1n) is 6.88. The molecule has 1 saturated heterocycles. The Labute approximate surface area is 109 Å². The highest BCUT2D eigenvalue weighted by Gasteiger charge is 2.35. The van der Waals surface area contributed by atoms with Crippen LogP contribution in [0.3, 0.4) is 0 Å². The lowest BCUT2D eigenvalue weighted by molar-refractivity contribution is 0.0952. The summed E-state index contributed by atoms with van der Waals surface area (Å²) in [7, 11) is 1.90. The van der Waals surface area contributed by atoms with Gasteiger partial charge >= 0.3 is 0 Å². The van der Waals surface area contributed by atoms with Crippen LogP contribution in [0.4, 0.5) is 0 Å². The highest BCUT2D eigenvalue weighted by molar-refractivity contribution is 5.09. The van der Waals surface area contributed by atoms with Crippen LogP contribution in [0.25, 0.3) is 0 Å². The number of hydrogen-bond donors (Lipinski definition) is 1. The molecule has 0 spiro atoms. The number of nitrogens with zero attached hydrogens (tertiary/aromatic N) is 4. The van der Waals surface area contributed by atoms with Gasteiger partial charge in [-0.3, -0.25) is 9.58 Å². The Morgan fingerprint density at radius 1 is 1.22 bits per heavy atom. The molecular formula is C13H25N5. The zero-order valence-electron chi connectivity index (χ0n) is 11.8. The molecule has 5 heteroatoms. The molecule has 1 fully saturated rings. The number of likely N-dealkylation sites (tertiary alicyclic amines) is 1. The number of rotatable bonds is 3. The summed E-state index contributed by atoms with van der Waals surface area (Å²) in [5, 5.41) is 7.92. The zero-order valence-corrected chi connectivity index (χ0v) is 11.8. The van der Waals surface area contributed by atoms with Gasteiger partial charge in [0.25, 0.3) is 0 Å². The van der Waals surface area contributed by atoms with E-state index in [1.807, 2.05) is 7.05 Å². The van der Waals surface area contributed by atoms with Gasteiger partial charge in [-0.1, -0.05) is 18.1 Å². The summed E-state index contributed by atoms with van der Waals surface area (Å²) in [6.45, 7) is 6.75. The Hall–Kier alpha value is -0.940. The molecule has 1 aliphatic heterocycles. The fourth-order valence-electron chi connectivity index (χ4n) is 2.78. The van der Waals surface area contributed by atoms with Gasteiger partial charge in [0.15, 0.2) is 0 Å². The topological polar surface area (TPSA) is 60.0 Å². The Bertz CT molecular complexity index is 376. The minimum absolute atomic E-state index is 0.0557. The average Bonchev–Trinajstić information content (AvgIpc) is 2.61. The molecule has 2 N–H and O–H groups in total. The van der Waals surface area contributed by atoms with Crippen molar-refractivity contribution < 1.29 is 0 Å². The minimum atomic E-state index is -0.0596. The van der Waals surface area contributed by atoms with Crippen LogP contribution in [0.15, 0.2) is 6.20 Å². The molecule has 2 heterocycles. The van der Waals surface area contributed by atoms with Crippen molar-refractivity contribution in [2.45, 2.75) is 51.1 Å². The monoisotopic (exact) mass is 251 g/mol. The Morgan fingerprint density at radius 2 is 1.83 bits per heavy atom. The van der Waals surface area contributed by atoms with E-state index < -0.39 is 0 Å². The van der Waals surface area contributed by atoms with Crippen LogP contribution in [0.2, 0.25) is 0 Å². The van der Waals surface area contributed by atoms with Crippen molar-refractivity contribution >= 4 is 0 Å². The van der Waals surface area contributed by atoms with Crippen molar-refractivity contribution in [1.82, 2.24) is 19.9 Å². The van der Waals surface area contributed by atoms with Gasteiger partial charge < -0.3 is 5.73 Å². The van der Waals surface area contributed by atoms with Crippen LogP contribution in [0, 0.1) is 0 Å². The van der Waals surface area contributed by atoms with Crippen LogP contribution >= 0.6 is 0 Å². The number of hydrogen-bond acceptors (Lipinski definition) is 4. The van der Waals surface area contributed by atoms with E-state index in [0.717, 1.165) is 18.8 Å². The lowest BCUT2D eigenvalue weighted by Crippen LogP contribution is -2.52. The van der Waals surface area contributed by atoms with Gasteiger partial charge in [-0.25, -0.2) is 0 Å². The van der Waals surface area contributed by atoms with Crippen molar-refractivity contribution in [1.29, 1.82) is 0 Å². The van der Waals surface area contributed by atoms with E-state index in [9.17, 15) is 0 Å². The lowest BCUT2D eigenvalue weighted by atomic mass is 9.90. The van der Waals surface area contributed by atoms with Crippen molar-refractivity contribution in [2.24, 2.45) is 12.8 Å². The number of aryl methyl sites for hydroxylation is 1. The Morgan fingerprint density at radius 3 is 2.33 bits per heavy atom. The molecule has 0 aliphatic carbocycles. The predicted octanol–water partition coefficient (Wildman–Crippen LogP) is 1.47. The first-order chi connectivity index (χ1) is 8.53. The number of aromatic nitrogens is 3. The highest BCUT2D eigenvalue weighted by Crippen LogP contribution is 2.30. The second-order valence-corrected chi connectivity index (χ2v) is 5.82. The number of nitrogens with two attached hydrogens (primary N) is 1. The molecule has 1 aromatic heterocycles. The molecule has 1 aromatic rings. The van der Waals surface area contributed by atoms with Crippen molar-refractivity contribution in [3.63, 3.8) is 0 Å². The van der Waals surface area contributed by atoms with Crippen LogP contribution in [-0.2, 0) is 7.05 Å². The quantitative estimate of drug-likeness (QED) is 0.883. The van der Waals surface area contributed by atoms with E-state index in [1.54, 1.807) is 10.9 Å². The zero-order chi connectivity index (χ0) is 13.2. The standard InChI is InChI=1S/C13H25N5/c1-13(2,18-8-6-4-5-7-9-18)12(14)11-10-15-16-17(11)3/h10,12H,4-9,14H2,1-3H3. The maximum absolute atomic E-state index is 6.46. The molecule has 0 amide bonds. The molecule has 0 saturated carbocycles. The molecule has 0 bridgehead atoms. The van der Waals surface area contributed by atoms with E-state index in [4.69, 9.17) is 5.73 Å². The highest BCUT2D eigenvalue weighted by atomic mass is 15.4. The van der Waals surface area contributed by atoms with Gasteiger partial charge in [0.2, 0.25) is 0 Å². The van der Waals surface area contributed by atoms with E-state index in [0.29, 0.717) is 0 Å². The SMILES string of the molecule is Cn1nncc1C(N)C(C)(C)N1CCCCCC1. The molecule has 0 radical (unpaired) electrons. The summed E-state index contributed by atoms with van der Waals surface area (Å²) in [5.74, 6) is 0. The van der Waals surface area contributed by atoms with Gasteiger partial charge in [-0.05, 0) is 39.8 Å². The summed E-state index contributed by atoms with van der Waals surface area (Å²) in [6.07, 6.45) is 7.02. The first kappa shape index (κ1) is 13.5. The second-order valence-electron chi connectivity index (χ2n) is 5.82. The fourth-order valence-corrected chi connectivity index (χ4v) is 2.78. The van der Waals surface area contributed by atoms with Gasteiger partial charge in [0.1, 0.15) is 0 Å². The fraction of sp³-hybridized carbons (Fsp3) is 0.846. The molecule has 2 rings (SSSR count). The van der Waals surface area contributed by atoms with Crippen molar-refractivity contribution in [3.8, 4) is 0 Å². The largest absolute Gasteiger partial charge is 0.321 e.